The summed E-state index contributed by atoms with van der Waals surface area (Å²) in [6.07, 6.45) is 7.19. The molecule has 3 aliphatic rings. The summed E-state index contributed by atoms with van der Waals surface area (Å²) in [5, 5.41) is 3.86. The molecule has 2 heteroatoms. The van der Waals surface area contributed by atoms with Crippen molar-refractivity contribution in [3.8, 4) is 0 Å². The Kier molecular flexibility index (Phi) is 2.06. The summed E-state index contributed by atoms with van der Waals surface area (Å²) in [6, 6.07) is 1.75. The first-order valence-electron chi connectivity index (χ1n) is 5.90. The SMILES string of the molecule is C1CC(NC2CCN3CCC2C3)C1. The Bertz CT molecular complexity index is 189. The van der Waals surface area contributed by atoms with Crippen molar-refractivity contribution in [2.45, 2.75) is 44.2 Å². The van der Waals surface area contributed by atoms with Gasteiger partial charge in [-0.2, -0.15) is 0 Å². The van der Waals surface area contributed by atoms with Gasteiger partial charge in [-0.05, 0) is 44.7 Å². The topological polar surface area (TPSA) is 15.3 Å². The molecule has 0 aromatic heterocycles. The van der Waals surface area contributed by atoms with Crippen molar-refractivity contribution in [3.05, 3.63) is 0 Å². The van der Waals surface area contributed by atoms with Crippen molar-refractivity contribution in [3.63, 3.8) is 0 Å². The molecular formula is C11H20N2. The number of nitrogens with zero attached hydrogens (tertiary/aromatic N) is 1. The molecule has 0 amide bonds. The molecule has 2 bridgehead atoms. The Morgan fingerprint density at radius 2 is 1.85 bits per heavy atom. The lowest BCUT2D eigenvalue weighted by Gasteiger charge is -2.37. The van der Waals surface area contributed by atoms with Crippen LogP contribution in [0.15, 0.2) is 0 Å². The molecule has 2 aliphatic heterocycles. The third-order valence-electron chi connectivity index (χ3n) is 4.19. The molecule has 2 saturated heterocycles. The average Bonchev–Trinajstić information content (AvgIpc) is 2.45. The van der Waals surface area contributed by atoms with Crippen LogP contribution in [0, 0.1) is 5.92 Å². The first-order chi connectivity index (χ1) is 6.42. The van der Waals surface area contributed by atoms with Gasteiger partial charge < -0.3 is 10.2 Å². The van der Waals surface area contributed by atoms with E-state index in [4.69, 9.17) is 0 Å². The van der Waals surface area contributed by atoms with Crippen molar-refractivity contribution >= 4 is 0 Å². The molecule has 0 aromatic carbocycles. The van der Waals surface area contributed by atoms with Gasteiger partial charge in [0.15, 0.2) is 0 Å². The summed E-state index contributed by atoms with van der Waals surface area (Å²) in [6.45, 7) is 4.10. The number of piperidine rings is 1. The van der Waals surface area contributed by atoms with Gasteiger partial charge >= 0.3 is 0 Å². The molecule has 3 unspecified atom stereocenters. The van der Waals surface area contributed by atoms with Crippen LogP contribution in [0.25, 0.3) is 0 Å². The fourth-order valence-corrected chi connectivity index (χ4v) is 3.05. The smallest absolute Gasteiger partial charge is 0.0123 e. The van der Waals surface area contributed by atoms with Gasteiger partial charge in [-0.3, -0.25) is 0 Å². The predicted molar refractivity (Wildman–Crippen MR) is 53.7 cm³/mol. The Balaban J connectivity index is 1.57. The number of rotatable bonds is 2. The maximum atomic E-state index is 3.86. The number of hydrogen-bond donors (Lipinski definition) is 1. The highest BCUT2D eigenvalue weighted by Gasteiger charge is 2.35. The van der Waals surface area contributed by atoms with E-state index in [0.29, 0.717) is 0 Å². The van der Waals surface area contributed by atoms with E-state index < -0.39 is 0 Å². The lowest BCUT2D eigenvalue weighted by atomic mass is 9.88. The van der Waals surface area contributed by atoms with Crippen LogP contribution in [0.4, 0.5) is 0 Å². The summed E-state index contributed by atoms with van der Waals surface area (Å²) in [4.78, 5) is 2.63. The third-order valence-corrected chi connectivity index (χ3v) is 4.19. The van der Waals surface area contributed by atoms with Crippen molar-refractivity contribution in [1.82, 2.24) is 10.2 Å². The molecule has 3 atom stereocenters. The molecule has 3 fully saturated rings. The lowest BCUT2D eigenvalue weighted by Crippen LogP contribution is -2.49. The fourth-order valence-electron chi connectivity index (χ4n) is 3.05. The number of nitrogens with one attached hydrogen (secondary N) is 1. The first-order valence-corrected chi connectivity index (χ1v) is 5.90. The van der Waals surface area contributed by atoms with Gasteiger partial charge in [0, 0.05) is 18.6 Å². The molecule has 1 saturated carbocycles. The average molecular weight is 180 g/mol. The predicted octanol–water partition coefficient (Wildman–Crippen LogP) is 1.22. The molecule has 2 heterocycles. The zero-order valence-corrected chi connectivity index (χ0v) is 8.34. The minimum absolute atomic E-state index is 0.865. The van der Waals surface area contributed by atoms with Gasteiger partial charge in [-0.1, -0.05) is 6.42 Å². The lowest BCUT2D eigenvalue weighted by molar-refractivity contribution is 0.188. The van der Waals surface area contributed by atoms with Gasteiger partial charge in [-0.25, -0.2) is 0 Å². The second-order valence-corrected chi connectivity index (χ2v) is 5.04. The van der Waals surface area contributed by atoms with Gasteiger partial charge in [0.2, 0.25) is 0 Å². The fraction of sp³-hybridized carbons (Fsp3) is 1.00. The Morgan fingerprint density at radius 3 is 2.62 bits per heavy atom. The minimum atomic E-state index is 0.865. The van der Waals surface area contributed by atoms with E-state index in [9.17, 15) is 0 Å². The van der Waals surface area contributed by atoms with Crippen molar-refractivity contribution < 1.29 is 0 Å². The van der Waals surface area contributed by atoms with E-state index in [1.165, 1.54) is 51.7 Å². The molecule has 2 nitrogen and oxygen atoms in total. The summed E-state index contributed by atoms with van der Waals surface area (Å²) in [7, 11) is 0. The molecule has 74 valence electrons. The van der Waals surface area contributed by atoms with Crippen molar-refractivity contribution in [1.29, 1.82) is 0 Å². The molecular weight excluding hydrogens is 160 g/mol. The summed E-state index contributed by atoms with van der Waals surface area (Å²) < 4.78 is 0. The highest BCUT2D eigenvalue weighted by atomic mass is 15.2. The Hall–Kier alpha value is -0.0800. The molecule has 0 spiro atoms. The Morgan fingerprint density at radius 1 is 1.00 bits per heavy atom. The van der Waals surface area contributed by atoms with Crippen LogP contribution in [0.3, 0.4) is 0 Å². The zero-order chi connectivity index (χ0) is 8.67. The number of hydrogen-bond acceptors (Lipinski definition) is 2. The van der Waals surface area contributed by atoms with Crippen molar-refractivity contribution in [2.24, 2.45) is 5.92 Å². The molecule has 3 rings (SSSR count). The summed E-state index contributed by atoms with van der Waals surface area (Å²) in [5.74, 6) is 0.981. The van der Waals surface area contributed by atoms with Crippen LogP contribution >= 0.6 is 0 Å². The summed E-state index contributed by atoms with van der Waals surface area (Å²) >= 11 is 0. The van der Waals surface area contributed by atoms with E-state index in [-0.39, 0.29) is 0 Å². The number of fused-ring (bicyclic) bond motifs is 2. The third kappa shape index (κ3) is 1.50. The summed E-state index contributed by atoms with van der Waals surface area (Å²) in [5.41, 5.74) is 0. The minimum Gasteiger partial charge on any atom is -0.311 e. The van der Waals surface area contributed by atoms with Gasteiger partial charge in [0.25, 0.3) is 0 Å². The molecule has 0 aromatic rings. The van der Waals surface area contributed by atoms with Crippen LogP contribution in [0.1, 0.15) is 32.1 Å². The maximum absolute atomic E-state index is 3.86. The second kappa shape index (κ2) is 3.25. The molecule has 1 aliphatic carbocycles. The van der Waals surface area contributed by atoms with Crippen LogP contribution in [0.2, 0.25) is 0 Å². The van der Waals surface area contributed by atoms with E-state index in [1.54, 1.807) is 0 Å². The van der Waals surface area contributed by atoms with Crippen molar-refractivity contribution in [2.75, 3.05) is 19.6 Å². The monoisotopic (exact) mass is 180 g/mol. The van der Waals surface area contributed by atoms with Crippen LogP contribution in [0.5, 0.6) is 0 Å². The van der Waals surface area contributed by atoms with Gasteiger partial charge in [0.1, 0.15) is 0 Å². The maximum Gasteiger partial charge on any atom is 0.0123 e. The Labute approximate surface area is 80.7 Å². The quantitative estimate of drug-likeness (QED) is 0.687. The van der Waals surface area contributed by atoms with E-state index in [1.807, 2.05) is 0 Å². The van der Waals surface area contributed by atoms with Crippen LogP contribution < -0.4 is 5.32 Å². The largest absolute Gasteiger partial charge is 0.311 e. The van der Waals surface area contributed by atoms with Crippen LogP contribution in [-0.2, 0) is 0 Å². The standard InChI is InChI=1S/C11H20N2/c1-2-10(3-1)12-11-5-7-13-6-4-9(11)8-13/h9-12H,1-8H2. The highest BCUT2D eigenvalue weighted by molar-refractivity contribution is 4.93. The first kappa shape index (κ1) is 8.25. The molecule has 1 N–H and O–H groups in total. The normalized spacial score (nSPS) is 44.8. The van der Waals surface area contributed by atoms with Crippen LogP contribution in [-0.4, -0.2) is 36.6 Å². The second-order valence-electron chi connectivity index (χ2n) is 5.04. The highest BCUT2D eigenvalue weighted by Crippen LogP contribution is 2.29. The van der Waals surface area contributed by atoms with E-state index >= 15 is 0 Å². The van der Waals surface area contributed by atoms with Gasteiger partial charge in [0.05, 0.1) is 0 Å². The van der Waals surface area contributed by atoms with Gasteiger partial charge in [-0.15, -0.1) is 0 Å². The van der Waals surface area contributed by atoms with E-state index in [0.717, 1.165) is 18.0 Å². The zero-order valence-electron chi connectivity index (χ0n) is 8.34. The molecule has 0 radical (unpaired) electrons. The molecule has 13 heavy (non-hydrogen) atoms. The van der Waals surface area contributed by atoms with E-state index in [2.05, 4.69) is 10.2 Å².